The highest BCUT2D eigenvalue weighted by molar-refractivity contribution is 5.87. The summed E-state index contributed by atoms with van der Waals surface area (Å²) >= 11 is 0. The van der Waals surface area contributed by atoms with E-state index in [1.165, 1.54) is 0 Å². The predicted molar refractivity (Wildman–Crippen MR) is 77.1 cm³/mol. The fraction of sp³-hybridized carbons (Fsp3) is 0.750. The largest absolute Gasteiger partial charge is 0.481 e. The zero-order valence-electron chi connectivity index (χ0n) is 12.6. The Morgan fingerprint density at radius 3 is 2.05 bits per heavy atom. The van der Waals surface area contributed by atoms with E-state index in [4.69, 9.17) is 0 Å². The monoisotopic (exact) mass is 279 g/mol. The van der Waals surface area contributed by atoms with Crippen LogP contribution in [0.2, 0.25) is 0 Å². The maximum Gasteiger partial charge on any atom is 0.307 e. The third-order valence-corrected chi connectivity index (χ3v) is 5.47. The molecule has 0 aromatic rings. The van der Waals surface area contributed by atoms with Gasteiger partial charge in [-0.2, -0.15) is 0 Å². The normalized spacial score (nSPS) is 31.6. The van der Waals surface area contributed by atoms with E-state index in [1.807, 2.05) is 12.2 Å². The molecule has 0 spiro atoms. The average molecular weight is 279 g/mol. The number of amides is 1. The molecule has 0 saturated heterocycles. The van der Waals surface area contributed by atoms with Crippen LogP contribution in [0.15, 0.2) is 12.2 Å². The van der Waals surface area contributed by atoms with Crippen LogP contribution in [-0.2, 0) is 9.59 Å². The second-order valence-electron chi connectivity index (χ2n) is 6.17. The lowest BCUT2D eigenvalue weighted by atomic mass is 9.81. The highest BCUT2D eigenvalue weighted by Gasteiger charge is 2.52. The molecule has 4 heteroatoms. The number of hydrogen-bond donors (Lipinski definition) is 2. The molecule has 2 bridgehead atoms. The predicted octanol–water partition coefficient (Wildman–Crippen LogP) is 2.59. The van der Waals surface area contributed by atoms with Crippen molar-refractivity contribution in [2.75, 3.05) is 0 Å². The summed E-state index contributed by atoms with van der Waals surface area (Å²) in [5, 5.41) is 12.6. The smallest absolute Gasteiger partial charge is 0.307 e. The topological polar surface area (TPSA) is 66.4 Å². The molecule has 112 valence electrons. The second-order valence-corrected chi connectivity index (χ2v) is 6.17. The Labute approximate surface area is 120 Å². The van der Waals surface area contributed by atoms with E-state index in [9.17, 15) is 14.7 Å². The number of hydrogen-bond acceptors (Lipinski definition) is 2. The van der Waals surface area contributed by atoms with E-state index in [2.05, 4.69) is 26.1 Å². The van der Waals surface area contributed by atoms with Crippen molar-refractivity contribution in [2.45, 2.75) is 52.0 Å². The van der Waals surface area contributed by atoms with Crippen LogP contribution in [-0.4, -0.2) is 22.5 Å². The fourth-order valence-corrected chi connectivity index (χ4v) is 3.88. The van der Waals surface area contributed by atoms with Gasteiger partial charge in [0.1, 0.15) is 0 Å². The Morgan fingerprint density at radius 2 is 1.60 bits per heavy atom. The van der Waals surface area contributed by atoms with E-state index in [1.54, 1.807) is 0 Å². The van der Waals surface area contributed by atoms with Gasteiger partial charge in [0, 0.05) is 5.54 Å². The van der Waals surface area contributed by atoms with Crippen molar-refractivity contribution in [3.63, 3.8) is 0 Å². The van der Waals surface area contributed by atoms with E-state index in [-0.39, 0.29) is 23.3 Å². The van der Waals surface area contributed by atoms with Gasteiger partial charge in [-0.25, -0.2) is 0 Å². The summed E-state index contributed by atoms with van der Waals surface area (Å²) < 4.78 is 0. The fourth-order valence-electron chi connectivity index (χ4n) is 3.88. The minimum absolute atomic E-state index is 0.0347. The van der Waals surface area contributed by atoms with Gasteiger partial charge in [-0.05, 0) is 37.5 Å². The van der Waals surface area contributed by atoms with Crippen molar-refractivity contribution >= 4 is 11.9 Å². The minimum atomic E-state index is -0.836. The Kier molecular flexibility index (Phi) is 4.21. The third kappa shape index (κ3) is 2.36. The third-order valence-electron chi connectivity index (χ3n) is 5.47. The molecule has 4 nitrogen and oxygen atoms in total. The van der Waals surface area contributed by atoms with Crippen molar-refractivity contribution in [1.29, 1.82) is 0 Å². The van der Waals surface area contributed by atoms with Crippen molar-refractivity contribution in [1.82, 2.24) is 5.32 Å². The number of carboxylic acid groups (broad SMARTS) is 1. The number of aliphatic carboxylic acids is 1. The highest BCUT2D eigenvalue weighted by Crippen LogP contribution is 2.48. The van der Waals surface area contributed by atoms with Gasteiger partial charge in [-0.15, -0.1) is 0 Å². The highest BCUT2D eigenvalue weighted by atomic mass is 16.4. The molecule has 4 unspecified atom stereocenters. The van der Waals surface area contributed by atoms with Crippen LogP contribution in [0, 0.1) is 23.7 Å². The summed E-state index contributed by atoms with van der Waals surface area (Å²) in [6, 6.07) is 0. The summed E-state index contributed by atoms with van der Waals surface area (Å²) in [6.07, 6.45) is 7.44. The molecule has 2 aliphatic carbocycles. The number of carbonyl (C=O) groups excluding carboxylic acids is 1. The molecule has 1 amide bonds. The number of carbonyl (C=O) groups is 2. The molecule has 20 heavy (non-hydrogen) atoms. The quantitative estimate of drug-likeness (QED) is 0.734. The SMILES string of the molecule is CCC(CC)(CC)NC(=O)C1C2C=CC(C2)C1C(=O)O. The first kappa shape index (κ1) is 15.1. The van der Waals surface area contributed by atoms with E-state index in [0.29, 0.717) is 0 Å². The van der Waals surface area contributed by atoms with Gasteiger partial charge >= 0.3 is 5.97 Å². The zero-order valence-corrected chi connectivity index (χ0v) is 12.6. The van der Waals surface area contributed by atoms with Gasteiger partial charge in [-0.1, -0.05) is 32.9 Å². The number of nitrogens with one attached hydrogen (secondary N) is 1. The lowest BCUT2D eigenvalue weighted by molar-refractivity contribution is -0.148. The maximum absolute atomic E-state index is 12.6. The van der Waals surface area contributed by atoms with Gasteiger partial charge < -0.3 is 10.4 Å². The number of allylic oxidation sites excluding steroid dienone is 2. The molecule has 4 atom stereocenters. The Bertz CT molecular complexity index is 417. The molecule has 0 radical (unpaired) electrons. The number of rotatable bonds is 6. The second kappa shape index (κ2) is 5.58. The standard InChI is InChI=1S/C16H25NO3/c1-4-16(5-2,6-3)17-14(18)12-10-7-8-11(9-10)13(12)15(19)20/h7-8,10-13H,4-6,9H2,1-3H3,(H,17,18)(H,19,20). The first-order valence-corrected chi connectivity index (χ1v) is 7.71. The minimum Gasteiger partial charge on any atom is -0.481 e. The first-order chi connectivity index (χ1) is 9.48. The number of carboxylic acids is 1. The van der Waals surface area contributed by atoms with Crippen molar-refractivity contribution in [3.8, 4) is 0 Å². The molecule has 0 aromatic heterocycles. The average Bonchev–Trinajstić information content (AvgIpc) is 3.05. The van der Waals surface area contributed by atoms with Crippen molar-refractivity contribution in [2.24, 2.45) is 23.7 Å². The van der Waals surface area contributed by atoms with Crippen LogP contribution in [0.5, 0.6) is 0 Å². The zero-order chi connectivity index (χ0) is 14.9. The maximum atomic E-state index is 12.6. The van der Waals surface area contributed by atoms with Crippen LogP contribution < -0.4 is 5.32 Å². The van der Waals surface area contributed by atoms with Crippen LogP contribution in [0.4, 0.5) is 0 Å². The van der Waals surface area contributed by atoms with E-state index >= 15 is 0 Å². The Morgan fingerprint density at radius 1 is 1.10 bits per heavy atom. The molecule has 1 saturated carbocycles. The molecule has 0 heterocycles. The summed E-state index contributed by atoms with van der Waals surface area (Å²) in [5.74, 6) is -1.71. The lowest BCUT2D eigenvalue weighted by Crippen LogP contribution is -2.51. The van der Waals surface area contributed by atoms with Crippen LogP contribution >= 0.6 is 0 Å². The van der Waals surface area contributed by atoms with Gasteiger partial charge in [-0.3, -0.25) is 9.59 Å². The van der Waals surface area contributed by atoms with Gasteiger partial charge in [0.2, 0.25) is 5.91 Å². The molecular weight excluding hydrogens is 254 g/mol. The van der Waals surface area contributed by atoms with Crippen LogP contribution in [0.25, 0.3) is 0 Å². The Balaban J connectivity index is 2.16. The van der Waals surface area contributed by atoms with E-state index < -0.39 is 17.8 Å². The summed E-state index contributed by atoms with van der Waals surface area (Å²) in [5.41, 5.74) is -0.189. The summed E-state index contributed by atoms with van der Waals surface area (Å²) in [4.78, 5) is 24.1. The van der Waals surface area contributed by atoms with E-state index in [0.717, 1.165) is 25.7 Å². The molecule has 2 rings (SSSR count). The van der Waals surface area contributed by atoms with Crippen molar-refractivity contribution < 1.29 is 14.7 Å². The van der Waals surface area contributed by atoms with Crippen molar-refractivity contribution in [3.05, 3.63) is 12.2 Å². The van der Waals surface area contributed by atoms with Gasteiger partial charge in [0.05, 0.1) is 11.8 Å². The van der Waals surface area contributed by atoms with Crippen LogP contribution in [0.1, 0.15) is 46.5 Å². The number of fused-ring (bicyclic) bond motifs is 2. The molecule has 2 aliphatic rings. The van der Waals surface area contributed by atoms with Gasteiger partial charge in [0.25, 0.3) is 0 Å². The molecular formula is C16H25NO3. The lowest BCUT2D eigenvalue weighted by Gasteiger charge is -2.35. The molecule has 2 N–H and O–H groups in total. The van der Waals surface area contributed by atoms with Crippen LogP contribution in [0.3, 0.4) is 0 Å². The summed E-state index contributed by atoms with van der Waals surface area (Å²) in [7, 11) is 0. The molecule has 1 fully saturated rings. The molecule has 0 aliphatic heterocycles. The first-order valence-electron chi connectivity index (χ1n) is 7.71. The summed E-state index contributed by atoms with van der Waals surface area (Å²) in [6.45, 7) is 6.22. The Hall–Kier alpha value is -1.32. The van der Waals surface area contributed by atoms with Gasteiger partial charge in [0.15, 0.2) is 0 Å². The molecule has 0 aromatic carbocycles.